The van der Waals surface area contributed by atoms with Crippen LogP contribution in [-0.4, -0.2) is 54.0 Å². The van der Waals surface area contributed by atoms with E-state index in [2.05, 4.69) is 10.2 Å². The fraction of sp³-hybridized carbons (Fsp3) is 1.00. The molecule has 2 heterocycles. The summed E-state index contributed by atoms with van der Waals surface area (Å²) in [6.07, 6.45) is -1.78. The maximum atomic E-state index is 12.7. The number of likely N-dealkylation sites (tertiary alicyclic amines) is 1. The molecule has 1 atom stereocenters. The molecule has 0 radical (unpaired) electrons. The third-order valence-electron chi connectivity index (χ3n) is 4.21. The molecule has 2 N–H and O–H groups in total. The zero-order valence-corrected chi connectivity index (χ0v) is 10.5. The van der Waals surface area contributed by atoms with Crippen LogP contribution in [0.2, 0.25) is 0 Å². The number of piperidine rings is 1. The second kappa shape index (κ2) is 5.35. The molecule has 2 saturated heterocycles. The SMILES string of the molecule is OC1(C(F)(F)F)CCN(C2CCCNCC2)CC1. The molecule has 6 heteroatoms. The molecule has 0 amide bonds. The van der Waals surface area contributed by atoms with E-state index in [9.17, 15) is 18.3 Å². The zero-order chi connectivity index (χ0) is 13.2. The Hall–Kier alpha value is -0.330. The van der Waals surface area contributed by atoms with Crippen molar-refractivity contribution in [1.29, 1.82) is 0 Å². The molecule has 0 bridgehead atoms. The number of rotatable bonds is 1. The van der Waals surface area contributed by atoms with E-state index in [-0.39, 0.29) is 12.8 Å². The lowest BCUT2D eigenvalue weighted by atomic mass is 9.89. The summed E-state index contributed by atoms with van der Waals surface area (Å²) in [7, 11) is 0. The van der Waals surface area contributed by atoms with Crippen LogP contribution >= 0.6 is 0 Å². The summed E-state index contributed by atoms with van der Waals surface area (Å²) in [5.41, 5.74) is -2.47. The second-order valence-electron chi connectivity index (χ2n) is 5.40. The third kappa shape index (κ3) is 2.97. The maximum Gasteiger partial charge on any atom is 0.417 e. The number of hydrogen-bond donors (Lipinski definition) is 2. The predicted molar refractivity (Wildman–Crippen MR) is 62.3 cm³/mol. The highest BCUT2D eigenvalue weighted by atomic mass is 19.4. The summed E-state index contributed by atoms with van der Waals surface area (Å²) >= 11 is 0. The molecule has 2 aliphatic rings. The van der Waals surface area contributed by atoms with E-state index in [1.807, 2.05) is 0 Å². The van der Waals surface area contributed by atoms with Gasteiger partial charge in [-0.3, -0.25) is 0 Å². The Morgan fingerprint density at radius 2 is 1.78 bits per heavy atom. The van der Waals surface area contributed by atoms with Gasteiger partial charge in [-0.05, 0) is 45.2 Å². The highest BCUT2D eigenvalue weighted by molar-refractivity contribution is 4.93. The van der Waals surface area contributed by atoms with Crippen molar-refractivity contribution in [2.45, 2.75) is 49.9 Å². The minimum atomic E-state index is -4.50. The number of hydrogen-bond acceptors (Lipinski definition) is 3. The van der Waals surface area contributed by atoms with Crippen molar-refractivity contribution in [2.75, 3.05) is 26.2 Å². The molecule has 0 saturated carbocycles. The van der Waals surface area contributed by atoms with E-state index >= 15 is 0 Å². The molecule has 2 fully saturated rings. The van der Waals surface area contributed by atoms with Gasteiger partial charge in [0.2, 0.25) is 0 Å². The molecule has 0 aliphatic carbocycles. The van der Waals surface area contributed by atoms with Crippen LogP contribution in [0.5, 0.6) is 0 Å². The molecule has 0 aromatic rings. The van der Waals surface area contributed by atoms with Gasteiger partial charge in [0, 0.05) is 19.1 Å². The molecule has 106 valence electrons. The van der Waals surface area contributed by atoms with Gasteiger partial charge in [0.1, 0.15) is 0 Å². The van der Waals surface area contributed by atoms with Gasteiger partial charge in [-0.1, -0.05) is 0 Å². The lowest BCUT2D eigenvalue weighted by molar-refractivity contribution is -0.273. The van der Waals surface area contributed by atoms with Gasteiger partial charge in [0.15, 0.2) is 5.60 Å². The van der Waals surface area contributed by atoms with Crippen molar-refractivity contribution in [3.05, 3.63) is 0 Å². The highest BCUT2D eigenvalue weighted by Gasteiger charge is 2.54. The largest absolute Gasteiger partial charge is 0.417 e. The lowest BCUT2D eigenvalue weighted by Crippen LogP contribution is -2.55. The van der Waals surface area contributed by atoms with Crippen LogP contribution in [0.4, 0.5) is 13.2 Å². The van der Waals surface area contributed by atoms with E-state index in [0.717, 1.165) is 32.4 Å². The fourth-order valence-electron chi connectivity index (χ4n) is 2.91. The first-order valence-electron chi connectivity index (χ1n) is 6.66. The summed E-state index contributed by atoms with van der Waals surface area (Å²) < 4.78 is 38.0. The highest BCUT2D eigenvalue weighted by Crippen LogP contribution is 2.39. The van der Waals surface area contributed by atoms with Gasteiger partial charge in [0.05, 0.1) is 0 Å². The number of nitrogens with zero attached hydrogens (tertiary/aromatic N) is 1. The average Bonchev–Trinajstić information content (AvgIpc) is 2.57. The van der Waals surface area contributed by atoms with Crippen LogP contribution in [0.1, 0.15) is 32.1 Å². The Kier molecular flexibility index (Phi) is 4.18. The molecule has 3 nitrogen and oxygen atoms in total. The second-order valence-corrected chi connectivity index (χ2v) is 5.40. The number of alkyl halides is 3. The molecular weight excluding hydrogens is 245 g/mol. The first-order valence-corrected chi connectivity index (χ1v) is 6.66. The zero-order valence-electron chi connectivity index (χ0n) is 10.5. The first-order chi connectivity index (χ1) is 8.42. The number of aliphatic hydroxyl groups is 1. The van der Waals surface area contributed by atoms with E-state index < -0.39 is 11.8 Å². The van der Waals surface area contributed by atoms with Crippen molar-refractivity contribution in [1.82, 2.24) is 10.2 Å². The smallest absolute Gasteiger partial charge is 0.380 e. The normalized spacial score (nSPS) is 31.0. The lowest BCUT2D eigenvalue weighted by Gasteiger charge is -2.42. The van der Waals surface area contributed by atoms with Crippen molar-refractivity contribution in [2.24, 2.45) is 0 Å². The van der Waals surface area contributed by atoms with E-state index in [1.165, 1.54) is 0 Å². The number of nitrogens with one attached hydrogen (secondary N) is 1. The van der Waals surface area contributed by atoms with Gasteiger partial charge in [-0.2, -0.15) is 13.2 Å². The van der Waals surface area contributed by atoms with Crippen molar-refractivity contribution < 1.29 is 18.3 Å². The van der Waals surface area contributed by atoms with Crippen LogP contribution in [0.15, 0.2) is 0 Å². The minimum absolute atomic E-state index is 0.194. The van der Waals surface area contributed by atoms with Crippen LogP contribution < -0.4 is 5.32 Å². The van der Waals surface area contributed by atoms with Crippen molar-refractivity contribution in [3.8, 4) is 0 Å². The molecular formula is C12H21F3N2O. The summed E-state index contributed by atoms with van der Waals surface area (Å²) in [6, 6.07) is 0.373. The van der Waals surface area contributed by atoms with Gasteiger partial charge < -0.3 is 15.3 Å². The first kappa shape index (κ1) is 14.1. The molecule has 1 unspecified atom stereocenters. The molecule has 2 aliphatic heterocycles. The summed E-state index contributed by atoms with van der Waals surface area (Å²) in [6.45, 7) is 2.63. The van der Waals surface area contributed by atoms with E-state index in [1.54, 1.807) is 0 Å². The monoisotopic (exact) mass is 266 g/mol. The van der Waals surface area contributed by atoms with Crippen LogP contribution in [0.25, 0.3) is 0 Å². The van der Waals surface area contributed by atoms with Crippen LogP contribution in [0, 0.1) is 0 Å². The summed E-state index contributed by atoms with van der Waals surface area (Å²) in [4.78, 5) is 2.12. The summed E-state index contributed by atoms with van der Waals surface area (Å²) in [5.74, 6) is 0. The Balaban J connectivity index is 1.89. The van der Waals surface area contributed by atoms with E-state index in [0.29, 0.717) is 19.1 Å². The molecule has 0 spiro atoms. The predicted octanol–water partition coefficient (Wildman–Crippen LogP) is 1.52. The molecule has 0 aromatic carbocycles. The molecule has 0 aromatic heterocycles. The van der Waals surface area contributed by atoms with E-state index in [4.69, 9.17) is 0 Å². The minimum Gasteiger partial charge on any atom is -0.380 e. The Morgan fingerprint density at radius 1 is 1.11 bits per heavy atom. The Labute approximate surface area is 105 Å². The van der Waals surface area contributed by atoms with Gasteiger partial charge in [0.25, 0.3) is 0 Å². The molecule has 2 rings (SSSR count). The topological polar surface area (TPSA) is 35.5 Å². The van der Waals surface area contributed by atoms with Gasteiger partial charge in [-0.25, -0.2) is 0 Å². The molecule has 18 heavy (non-hydrogen) atoms. The van der Waals surface area contributed by atoms with Crippen LogP contribution in [0.3, 0.4) is 0 Å². The maximum absolute atomic E-state index is 12.7. The number of halogens is 3. The Morgan fingerprint density at radius 3 is 2.39 bits per heavy atom. The Bertz CT molecular complexity index is 267. The quantitative estimate of drug-likeness (QED) is 0.755. The van der Waals surface area contributed by atoms with Gasteiger partial charge in [-0.15, -0.1) is 0 Å². The van der Waals surface area contributed by atoms with Crippen molar-refractivity contribution >= 4 is 0 Å². The van der Waals surface area contributed by atoms with Gasteiger partial charge >= 0.3 is 6.18 Å². The average molecular weight is 266 g/mol. The van der Waals surface area contributed by atoms with Crippen molar-refractivity contribution in [3.63, 3.8) is 0 Å². The standard InChI is InChI=1S/C12H21F3N2O/c13-12(14,15)11(18)4-8-17(9-5-11)10-2-1-6-16-7-3-10/h10,16,18H,1-9H2. The van der Waals surface area contributed by atoms with Crippen LogP contribution in [-0.2, 0) is 0 Å². The fourth-order valence-corrected chi connectivity index (χ4v) is 2.91. The summed E-state index contributed by atoms with van der Waals surface area (Å²) in [5, 5.41) is 12.9. The third-order valence-corrected chi connectivity index (χ3v) is 4.21.